The standard InChI is InChI=1S/C8H8O7/c9-5(8(14)15)2-1-4(7(12)13)3-6(10)11/h1-2,4H,3H2,(H,10,11)(H,12,13)(H,14,15)/p-3/b2-1+/t4-/m0/s1. The fourth-order valence-corrected chi connectivity index (χ4v) is 0.681. The minimum absolute atomic E-state index is 0.402. The van der Waals surface area contributed by atoms with E-state index in [2.05, 4.69) is 0 Å². The van der Waals surface area contributed by atoms with Gasteiger partial charge in [0.05, 0.1) is 0 Å². The Morgan fingerprint density at radius 3 is 1.93 bits per heavy atom. The monoisotopic (exact) mass is 213 g/mol. The van der Waals surface area contributed by atoms with Crippen molar-refractivity contribution in [1.82, 2.24) is 0 Å². The molecule has 0 aromatic carbocycles. The van der Waals surface area contributed by atoms with Gasteiger partial charge in [0.15, 0.2) is 0 Å². The SMILES string of the molecule is O=C([O-])C[C@H](/C=C/C(=O)C(=O)[O-])C(=O)[O-]. The van der Waals surface area contributed by atoms with E-state index in [1.165, 1.54) is 0 Å². The first-order valence-electron chi connectivity index (χ1n) is 3.68. The minimum atomic E-state index is -2.02. The van der Waals surface area contributed by atoms with Crippen molar-refractivity contribution < 1.29 is 34.5 Å². The predicted molar refractivity (Wildman–Crippen MR) is 37.3 cm³/mol. The van der Waals surface area contributed by atoms with Crippen molar-refractivity contribution in [3.8, 4) is 0 Å². The van der Waals surface area contributed by atoms with Gasteiger partial charge < -0.3 is 29.7 Å². The van der Waals surface area contributed by atoms with Crippen LogP contribution in [0.4, 0.5) is 0 Å². The lowest BCUT2D eigenvalue weighted by atomic mass is 10.1. The van der Waals surface area contributed by atoms with E-state index >= 15 is 0 Å². The first kappa shape index (κ1) is 12.8. The molecule has 15 heavy (non-hydrogen) atoms. The summed E-state index contributed by atoms with van der Waals surface area (Å²) < 4.78 is 0. The molecule has 0 amide bonds. The molecule has 0 saturated heterocycles. The van der Waals surface area contributed by atoms with Gasteiger partial charge in [0.1, 0.15) is 5.97 Å². The van der Waals surface area contributed by atoms with Crippen LogP contribution in [0, 0.1) is 5.92 Å². The zero-order valence-corrected chi connectivity index (χ0v) is 7.30. The molecule has 0 aromatic rings. The van der Waals surface area contributed by atoms with Gasteiger partial charge in [0.25, 0.3) is 0 Å². The summed E-state index contributed by atoms with van der Waals surface area (Å²) in [6.45, 7) is 0. The Labute approximate surface area is 83.6 Å². The van der Waals surface area contributed by atoms with Gasteiger partial charge in [-0.2, -0.15) is 0 Å². The highest BCUT2D eigenvalue weighted by atomic mass is 16.4. The Bertz CT molecular complexity index is 328. The Morgan fingerprint density at radius 1 is 1.07 bits per heavy atom. The molecule has 0 radical (unpaired) electrons. The molecule has 82 valence electrons. The van der Waals surface area contributed by atoms with Gasteiger partial charge in [0, 0.05) is 17.9 Å². The molecule has 0 aliphatic rings. The van der Waals surface area contributed by atoms with E-state index in [0.717, 1.165) is 0 Å². The largest absolute Gasteiger partial charge is 0.550 e. The van der Waals surface area contributed by atoms with Crippen molar-refractivity contribution in [2.24, 2.45) is 5.92 Å². The molecule has 0 unspecified atom stereocenters. The molecule has 0 N–H and O–H groups in total. The molecule has 0 fully saturated rings. The molecule has 7 heteroatoms. The van der Waals surface area contributed by atoms with Crippen molar-refractivity contribution >= 4 is 23.7 Å². The number of rotatable bonds is 6. The maximum Gasteiger partial charge on any atom is 0.200 e. The number of carbonyl (C=O) groups is 4. The number of carboxylic acid groups (broad SMARTS) is 3. The number of hydrogen-bond donors (Lipinski definition) is 0. The number of carboxylic acids is 3. The summed E-state index contributed by atoms with van der Waals surface area (Å²) in [7, 11) is 0. The van der Waals surface area contributed by atoms with Crippen molar-refractivity contribution in [1.29, 1.82) is 0 Å². The van der Waals surface area contributed by atoms with Crippen LogP contribution in [0.2, 0.25) is 0 Å². The summed E-state index contributed by atoms with van der Waals surface area (Å²) in [5.74, 6) is -8.49. The van der Waals surface area contributed by atoms with Crippen molar-refractivity contribution in [3.05, 3.63) is 12.2 Å². The average Bonchev–Trinajstić information content (AvgIpc) is 2.10. The molecule has 0 aliphatic carbocycles. The van der Waals surface area contributed by atoms with E-state index in [-0.39, 0.29) is 0 Å². The average molecular weight is 213 g/mol. The van der Waals surface area contributed by atoms with Gasteiger partial charge in [-0.15, -0.1) is 0 Å². The van der Waals surface area contributed by atoms with Crippen LogP contribution in [0.5, 0.6) is 0 Å². The third-order valence-corrected chi connectivity index (χ3v) is 1.37. The van der Waals surface area contributed by atoms with Crippen LogP contribution in [-0.4, -0.2) is 23.7 Å². The van der Waals surface area contributed by atoms with E-state index in [0.29, 0.717) is 12.2 Å². The van der Waals surface area contributed by atoms with E-state index in [1.807, 2.05) is 0 Å². The molecule has 0 aromatic heterocycles. The highest BCUT2D eigenvalue weighted by molar-refractivity contribution is 6.36. The second kappa shape index (κ2) is 5.53. The highest BCUT2D eigenvalue weighted by Gasteiger charge is 2.07. The number of aliphatic carboxylic acids is 3. The third kappa shape index (κ3) is 5.19. The molecule has 1 atom stereocenters. The van der Waals surface area contributed by atoms with Gasteiger partial charge in [-0.3, -0.25) is 4.79 Å². The lowest BCUT2D eigenvalue weighted by Crippen LogP contribution is -2.35. The molecule has 0 bridgehead atoms. The summed E-state index contributed by atoms with van der Waals surface area (Å²) in [6, 6.07) is 0. The lowest BCUT2D eigenvalue weighted by Gasteiger charge is -2.13. The topological polar surface area (TPSA) is 137 Å². The van der Waals surface area contributed by atoms with E-state index in [1.54, 1.807) is 0 Å². The Morgan fingerprint density at radius 2 is 1.60 bits per heavy atom. The van der Waals surface area contributed by atoms with Gasteiger partial charge in [-0.05, 0) is 12.5 Å². The highest BCUT2D eigenvalue weighted by Crippen LogP contribution is 2.03. The van der Waals surface area contributed by atoms with E-state index in [4.69, 9.17) is 0 Å². The summed E-state index contributed by atoms with van der Waals surface area (Å²) in [6.07, 6.45) is 0.0984. The predicted octanol–water partition coefficient (Wildman–Crippen LogP) is -4.63. The summed E-state index contributed by atoms with van der Waals surface area (Å²) in [5.41, 5.74) is 0. The first-order valence-corrected chi connectivity index (χ1v) is 3.68. The number of ketones is 1. The van der Waals surface area contributed by atoms with Crippen LogP contribution in [0.15, 0.2) is 12.2 Å². The molecule has 7 nitrogen and oxygen atoms in total. The van der Waals surface area contributed by atoms with Crippen LogP contribution >= 0.6 is 0 Å². The number of hydrogen-bond acceptors (Lipinski definition) is 7. The van der Waals surface area contributed by atoms with Gasteiger partial charge in [-0.1, -0.05) is 6.08 Å². The normalized spacial score (nSPS) is 12.3. The second-order valence-corrected chi connectivity index (χ2v) is 2.51. The molecule has 0 aliphatic heterocycles. The number of carbonyl (C=O) groups excluding carboxylic acids is 4. The Balaban J connectivity index is 4.54. The minimum Gasteiger partial charge on any atom is -0.550 e. The Kier molecular flexibility index (Phi) is 4.73. The summed E-state index contributed by atoms with van der Waals surface area (Å²) >= 11 is 0. The van der Waals surface area contributed by atoms with Crippen LogP contribution < -0.4 is 15.3 Å². The molecular weight excluding hydrogens is 208 g/mol. The van der Waals surface area contributed by atoms with Gasteiger partial charge >= 0.3 is 0 Å². The van der Waals surface area contributed by atoms with Crippen molar-refractivity contribution in [3.63, 3.8) is 0 Å². The van der Waals surface area contributed by atoms with Gasteiger partial charge in [0.2, 0.25) is 5.78 Å². The van der Waals surface area contributed by atoms with Crippen LogP contribution in [0.1, 0.15) is 6.42 Å². The van der Waals surface area contributed by atoms with Crippen LogP contribution in [-0.2, 0) is 19.2 Å². The quantitative estimate of drug-likeness (QED) is 0.319. The molecular formula is C8H5O7-3. The molecule has 0 heterocycles. The van der Waals surface area contributed by atoms with Crippen molar-refractivity contribution in [2.45, 2.75) is 6.42 Å². The zero-order valence-electron chi connectivity index (χ0n) is 7.30. The smallest absolute Gasteiger partial charge is 0.200 e. The van der Waals surface area contributed by atoms with Crippen molar-refractivity contribution in [2.75, 3.05) is 0 Å². The maximum atomic E-state index is 10.4. The van der Waals surface area contributed by atoms with E-state index < -0.39 is 36.0 Å². The maximum absolute atomic E-state index is 10.4. The van der Waals surface area contributed by atoms with Crippen LogP contribution in [0.3, 0.4) is 0 Å². The van der Waals surface area contributed by atoms with E-state index in [9.17, 15) is 34.5 Å². The molecule has 0 rings (SSSR count). The van der Waals surface area contributed by atoms with Gasteiger partial charge in [-0.25, -0.2) is 0 Å². The summed E-state index contributed by atoms with van der Waals surface area (Å²) in [5, 5.41) is 30.2. The molecule has 0 saturated carbocycles. The lowest BCUT2D eigenvalue weighted by molar-refractivity contribution is -0.318. The Hall–Kier alpha value is -2.18. The third-order valence-electron chi connectivity index (χ3n) is 1.37. The fraction of sp³-hybridized carbons (Fsp3) is 0.250. The second-order valence-electron chi connectivity index (χ2n) is 2.51. The molecule has 0 spiro atoms. The van der Waals surface area contributed by atoms with Crippen LogP contribution in [0.25, 0.3) is 0 Å². The fourth-order valence-electron chi connectivity index (χ4n) is 0.681. The summed E-state index contributed by atoms with van der Waals surface area (Å²) in [4.78, 5) is 40.7. The first-order chi connectivity index (χ1) is 6.84. The zero-order chi connectivity index (χ0) is 12.0.